The number of nitrogens with zero attached hydrogens (tertiary/aromatic N) is 1. The first kappa shape index (κ1) is 13.8. The summed E-state index contributed by atoms with van der Waals surface area (Å²) in [6.07, 6.45) is 2.13. The molecule has 1 atom stereocenters. The number of hydrogen-bond acceptors (Lipinski definition) is 2. The zero-order chi connectivity index (χ0) is 13.2. The van der Waals surface area contributed by atoms with Gasteiger partial charge in [-0.05, 0) is 31.9 Å². The molecule has 0 amide bonds. The van der Waals surface area contributed by atoms with Gasteiger partial charge in [0.1, 0.15) is 5.82 Å². The molecule has 0 saturated carbocycles. The van der Waals surface area contributed by atoms with E-state index in [1.807, 2.05) is 6.07 Å². The number of methoxy groups -OCH3 is 1. The van der Waals surface area contributed by atoms with Crippen LogP contribution >= 0.6 is 15.9 Å². The molecule has 4 heteroatoms. The monoisotopic (exact) mass is 315 g/mol. The van der Waals surface area contributed by atoms with Crippen LogP contribution in [0, 0.1) is 5.82 Å². The van der Waals surface area contributed by atoms with Crippen LogP contribution in [0.25, 0.3) is 0 Å². The van der Waals surface area contributed by atoms with Crippen molar-refractivity contribution >= 4 is 21.6 Å². The predicted octanol–water partition coefficient (Wildman–Crippen LogP) is 3.73. The molecule has 2 nitrogen and oxygen atoms in total. The van der Waals surface area contributed by atoms with E-state index in [0.717, 1.165) is 37.2 Å². The SMILES string of the molecule is COC1(C)CCCN(c2cccc(F)c2CBr)C1. The van der Waals surface area contributed by atoms with E-state index in [0.29, 0.717) is 5.33 Å². The highest BCUT2D eigenvalue weighted by Crippen LogP contribution is 2.32. The molecule has 0 radical (unpaired) electrons. The first-order chi connectivity index (χ1) is 8.59. The highest BCUT2D eigenvalue weighted by molar-refractivity contribution is 9.08. The Kier molecular flexibility index (Phi) is 4.28. The number of rotatable bonds is 3. The maximum atomic E-state index is 13.8. The van der Waals surface area contributed by atoms with E-state index >= 15 is 0 Å². The lowest BCUT2D eigenvalue weighted by atomic mass is 9.94. The lowest BCUT2D eigenvalue weighted by Gasteiger charge is -2.41. The van der Waals surface area contributed by atoms with Crippen LogP contribution in [0.15, 0.2) is 18.2 Å². The molecule has 18 heavy (non-hydrogen) atoms. The molecule has 1 aliphatic rings. The van der Waals surface area contributed by atoms with Gasteiger partial charge in [0, 0.05) is 36.8 Å². The summed E-state index contributed by atoms with van der Waals surface area (Å²) in [7, 11) is 1.75. The molecule has 1 unspecified atom stereocenters. The fourth-order valence-electron chi connectivity index (χ4n) is 2.55. The Balaban J connectivity index is 2.29. The van der Waals surface area contributed by atoms with Crippen molar-refractivity contribution in [2.24, 2.45) is 0 Å². The molecule has 1 saturated heterocycles. The van der Waals surface area contributed by atoms with Crippen LogP contribution in [0.5, 0.6) is 0 Å². The van der Waals surface area contributed by atoms with Gasteiger partial charge in [0.2, 0.25) is 0 Å². The van der Waals surface area contributed by atoms with Gasteiger partial charge in [-0.2, -0.15) is 0 Å². The van der Waals surface area contributed by atoms with Crippen molar-refractivity contribution in [2.45, 2.75) is 30.7 Å². The average molecular weight is 316 g/mol. The topological polar surface area (TPSA) is 12.5 Å². The summed E-state index contributed by atoms with van der Waals surface area (Å²) < 4.78 is 19.4. The number of benzene rings is 1. The lowest BCUT2D eigenvalue weighted by Crippen LogP contribution is -2.47. The molecule has 1 aromatic rings. The normalized spacial score (nSPS) is 24.3. The minimum Gasteiger partial charge on any atom is -0.377 e. The Hall–Kier alpha value is -0.610. The molecule has 1 aliphatic heterocycles. The second-order valence-corrected chi connectivity index (χ2v) is 5.61. The van der Waals surface area contributed by atoms with Gasteiger partial charge in [0.15, 0.2) is 0 Å². The minimum absolute atomic E-state index is 0.131. The van der Waals surface area contributed by atoms with Crippen LogP contribution in [0.1, 0.15) is 25.3 Å². The van der Waals surface area contributed by atoms with Crippen LogP contribution < -0.4 is 4.90 Å². The molecule has 2 rings (SSSR count). The molecular formula is C14H19BrFNO. The fourth-order valence-corrected chi connectivity index (χ4v) is 3.11. The van der Waals surface area contributed by atoms with Gasteiger partial charge >= 0.3 is 0 Å². The number of anilines is 1. The summed E-state index contributed by atoms with van der Waals surface area (Å²) in [5, 5.41) is 0.537. The molecule has 1 aromatic carbocycles. The van der Waals surface area contributed by atoms with Crippen LogP contribution in [-0.2, 0) is 10.1 Å². The average Bonchev–Trinajstić information content (AvgIpc) is 2.38. The second kappa shape index (κ2) is 5.57. The highest BCUT2D eigenvalue weighted by atomic mass is 79.9. The molecule has 0 N–H and O–H groups in total. The van der Waals surface area contributed by atoms with Crippen LogP contribution in [0.4, 0.5) is 10.1 Å². The highest BCUT2D eigenvalue weighted by Gasteiger charge is 2.31. The number of piperidine rings is 1. The van der Waals surface area contributed by atoms with Crippen molar-refractivity contribution in [3.05, 3.63) is 29.6 Å². The van der Waals surface area contributed by atoms with E-state index in [1.165, 1.54) is 6.07 Å². The van der Waals surface area contributed by atoms with Gasteiger partial charge in [-0.25, -0.2) is 4.39 Å². The van der Waals surface area contributed by atoms with Crippen molar-refractivity contribution in [1.82, 2.24) is 0 Å². The van der Waals surface area contributed by atoms with E-state index in [2.05, 4.69) is 27.8 Å². The van der Waals surface area contributed by atoms with Gasteiger partial charge in [0.05, 0.1) is 5.60 Å². The summed E-state index contributed by atoms with van der Waals surface area (Å²) in [5.74, 6) is -0.144. The van der Waals surface area contributed by atoms with E-state index in [-0.39, 0.29) is 11.4 Å². The molecule has 1 fully saturated rings. The second-order valence-electron chi connectivity index (χ2n) is 5.05. The van der Waals surface area contributed by atoms with Crippen molar-refractivity contribution in [3.63, 3.8) is 0 Å². The van der Waals surface area contributed by atoms with Crippen LogP contribution in [0.3, 0.4) is 0 Å². The summed E-state index contributed by atoms with van der Waals surface area (Å²) in [4.78, 5) is 2.23. The van der Waals surface area contributed by atoms with E-state index in [9.17, 15) is 4.39 Å². The zero-order valence-corrected chi connectivity index (χ0v) is 12.5. The van der Waals surface area contributed by atoms with Crippen LogP contribution in [0.2, 0.25) is 0 Å². The van der Waals surface area contributed by atoms with Crippen molar-refractivity contribution in [3.8, 4) is 0 Å². The summed E-state index contributed by atoms with van der Waals surface area (Å²) in [5.41, 5.74) is 1.58. The number of hydrogen-bond donors (Lipinski definition) is 0. The standard InChI is InChI=1S/C14H19BrFNO/c1-14(18-2)7-4-8-17(10-14)13-6-3-5-12(16)11(13)9-15/h3,5-6H,4,7-10H2,1-2H3. The third kappa shape index (κ3) is 2.69. The summed E-state index contributed by atoms with van der Waals surface area (Å²) >= 11 is 3.37. The van der Waals surface area contributed by atoms with E-state index < -0.39 is 0 Å². The molecular weight excluding hydrogens is 297 g/mol. The summed E-state index contributed by atoms with van der Waals surface area (Å²) in [6.45, 7) is 3.89. The van der Waals surface area contributed by atoms with Crippen molar-refractivity contribution in [2.75, 3.05) is 25.1 Å². The maximum Gasteiger partial charge on any atom is 0.129 e. The Bertz CT molecular complexity index is 426. The Morgan fingerprint density at radius 2 is 2.28 bits per heavy atom. The van der Waals surface area contributed by atoms with Gasteiger partial charge in [-0.15, -0.1) is 0 Å². The largest absolute Gasteiger partial charge is 0.377 e. The van der Waals surface area contributed by atoms with Crippen LogP contribution in [-0.4, -0.2) is 25.8 Å². The smallest absolute Gasteiger partial charge is 0.129 e. The number of halogens is 2. The molecule has 0 spiro atoms. The number of ether oxygens (including phenoxy) is 1. The number of alkyl halides is 1. The quantitative estimate of drug-likeness (QED) is 0.788. The van der Waals surface area contributed by atoms with Crippen molar-refractivity contribution < 1.29 is 9.13 Å². The first-order valence-electron chi connectivity index (χ1n) is 6.23. The Morgan fingerprint density at radius 1 is 1.50 bits per heavy atom. The molecule has 0 aliphatic carbocycles. The molecule has 0 aromatic heterocycles. The Morgan fingerprint density at radius 3 is 2.94 bits per heavy atom. The lowest BCUT2D eigenvalue weighted by molar-refractivity contribution is -0.00468. The molecule has 100 valence electrons. The molecule has 1 heterocycles. The van der Waals surface area contributed by atoms with Crippen molar-refractivity contribution in [1.29, 1.82) is 0 Å². The Labute approximate surface area is 116 Å². The minimum atomic E-state index is -0.144. The predicted molar refractivity (Wildman–Crippen MR) is 75.9 cm³/mol. The maximum absolute atomic E-state index is 13.8. The zero-order valence-electron chi connectivity index (χ0n) is 10.9. The van der Waals surface area contributed by atoms with Gasteiger partial charge in [-0.3, -0.25) is 0 Å². The fraction of sp³-hybridized carbons (Fsp3) is 0.571. The van der Waals surface area contributed by atoms with Gasteiger partial charge in [-0.1, -0.05) is 22.0 Å². The first-order valence-corrected chi connectivity index (χ1v) is 7.35. The third-order valence-corrected chi connectivity index (χ3v) is 4.28. The van der Waals surface area contributed by atoms with E-state index in [4.69, 9.17) is 4.74 Å². The summed E-state index contributed by atoms with van der Waals surface area (Å²) in [6, 6.07) is 5.27. The third-order valence-electron chi connectivity index (χ3n) is 3.72. The van der Waals surface area contributed by atoms with Gasteiger partial charge in [0.25, 0.3) is 0 Å². The van der Waals surface area contributed by atoms with E-state index in [1.54, 1.807) is 13.2 Å². The van der Waals surface area contributed by atoms with Gasteiger partial charge < -0.3 is 9.64 Å². The molecule has 0 bridgehead atoms.